The van der Waals surface area contributed by atoms with Gasteiger partial charge in [-0.25, -0.2) is 0 Å². The number of aliphatic hydroxyl groups excluding tert-OH is 1. The van der Waals surface area contributed by atoms with Gasteiger partial charge in [0.05, 0.1) is 6.10 Å². The van der Waals surface area contributed by atoms with Crippen molar-refractivity contribution in [3.63, 3.8) is 0 Å². The Bertz CT molecular complexity index is 279. The van der Waals surface area contributed by atoms with Gasteiger partial charge in [-0.05, 0) is 24.1 Å². The molecule has 1 aromatic carbocycles. The number of hydrogen-bond acceptors (Lipinski definition) is 1. The third kappa shape index (κ3) is 1.87. The number of aliphatic hydroxyl groups is 1. The zero-order chi connectivity index (χ0) is 8.97. The van der Waals surface area contributed by atoms with Crippen molar-refractivity contribution in [2.45, 2.75) is 19.4 Å². The lowest BCUT2D eigenvalue weighted by atomic mass is 10.1. The molecule has 1 N–H and O–H groups in total. The summed E-state index contributed by atoms with van der Waals surface area (Å²) in [5, 5.41) is 9.44. The highest BCUT2D eigenvalue weighted by Gasteiger charge is 2.02. The maximum atomic E-state index is 9.44. The van der Waals surface area contributed by atoms with Crippen LogP contribution < -0.4 is 0 Å². The molecule has 0 amide bonds. The topological polar surface area (TPSA) is 20.2 Å². The van der Waals surface area contributed by atoms with Gasteiger partial charge < -0.3 is 5.11 Å². The SMILES string of the molecule is C#Cc1ccc(C(O)CC)cc1. The molecule has 0 spiro atoms. The van der Waals surface area contributed by atoms with Crippen LogP contribution in [0.1, 0.15) is 30.6 Å². The lowest BCUT2D eigenvalue weighted by Crippen LogP contribution is -1.94. The van der Waals surface area contributed by atoms with Crippen LogP contribution >= 0.6 is 0 Å². The second kappa shape index (κ2) is 3.94. The van der Waals surface area contributed by atoms with Crippen LogP contribution in [-0.2, 0) is 0 Å². The Kier molecular flexibility index (Phi) is 2.90. The smallest absolute Gasteiger partial charge is 0.0787 e. The quantitative estimate of drug-likeness (QED) is 0.657. The fraction of sp³-hybridized carbons (Fsp3) is 0.273. The lowest BCUT2D eigenvalue weighted by molar-refractivity contribution is 0.173. The summed E-state index contributed by atoms with van der Waals surface area (Å²) >= 11 is 0. The molecule has 0 fully saturated rings. The van der Waals surface area contributed by atoms with Crippen LogP contribution in [0.15, 0.2) is 24.3 Å². The molecule has 0 aliphatic rings. The van der Waals surface area contributed by atoms with Gasteiger partial charge in [-0.15, -0.1) is 6.42 Å². The van der Waals surface area contributed by atoms with E-state index in [-0.39, 0.29) is 6.10 Å². The minimum atomic E-state index is -0.364. The highest BCUT2D eigenvalue weighted by molar-refractivity contribution is 5.34. The maximum Gasteiger partial charge on any atom is 0.0787 e. The minimum absolute atomic E-state index is 0.364. The van der Waals surface area contributed by atoms with E-state index in [1.54, 1.807) is 0 Å². The number of benzene rings is 1. The van der Waals surface area contributed by atoms with Crippen LogP contribution in [0.2, 0.25) is 0 Å². The first-order chi connectivity index (χ1) is 5.77. The number of hydrogen-bond donors (Lipinski definition) is 1. The summed E-state index contributed by atoms with van der Waals surface area (Å²) in [6.45, 7) is 1.94. The molecule has 0 aromatic heterocycles. The van der Waals surface area contributed by atoms with Gasteiger partial charge in [0, 0.05) is 5.56 Å². The Morgan fingerprint density at radius 3 is 2.42 bits per heavy atom. The second-order valence-electron chi connectivity index (χ2n) is 2.69. The van der Waals surface area contributed by atoms with E-state index in [0.717, 1.165) is 17.5 Å². The zero-order valence-electron chi connectivity index (χ0n) is 7.12. The Balaban J connectivity index is 2.86. The van der Waals surface area contributed by atoms with Gasteiger partial charge in [-0.1, -0.05) is 25.0 Å². The van der Waals surface area contributed by atoms with Crippen molar-refractivity contribution in [3.8, 4) is 12.3 Å². The van der Waals surface area contributed by atoms with Crippen molar-refractivity contribution in [2.75, 3.05) is 0 Å². The van der Waals surface area contributed by atoms with E-state index in [2.05, 4.69) is 5.92 Å². The van der Waals surface area contributed by atoms with Gasteiger partial charge in [0.2, 0.25) is 0 Å². The van der Waals surface area contributed by atoms with Crippen LogP contribution in [0, 0.1) is 12.3 Å². The molecule has 12 heavy (non-hydrogen) atoms. The number of rotatable bonds is 2. The van der Waals surface area contributed by atoms with Crippen LogP contribution in [0.4, 0.5) is 0 Å². The fourth-order valence-corrected chi connectivity index (χ4v) is 1.04. The molecule has 0 aliphatic carbocycles. The average Bonchev–Trinajstić information content (AvgIpc) is 2.17. The van der Waals surface area contributed by atoms with Crippen LogP contribution in [0.3, 0.4) is 0 Å². The van der Waals surface area contributed by atoms with E-state index in [9.17, 15) is 5.11 Å². The predicted molar refractivity (Wildman–Crippen MR) is 49.6 cm³/mol. The molecule has 0 bridgehead atoms. The summed E-state index contributed by atoms with van der Waals surface area (Å²) in [7, 11) is 0. The van der Waals surface area contributed by atoms with E-state index in [0.29, 0.717) is 0 Å². The van der Waals surface area contributed by atoms with Crippen molar-refractivity contribution in [3.05, 3.63) is 35.4 Å². The molecule has 1 rings (SSSR count). The Morgan fingerprint density at radius 1 is 1.42 bits per heavy atom. The van der Waals surface area contributed by atoms with E-state index in [4.69, 9.17) is 6.42 Å². The predicted octanol–water partition coefficient (Wildman–Crippen LogP) is 2.11. The largest absolute Gasteiger partial charge is 0.388 e. The third-order valence-corrected chi connectivity index (χ3v) is 1.85. The summed E-state index contributed by atoms with van der Waals surface area (Å²) in [5.74, 6) is 2.53. The summed E-state index contributed by atoms with van der Waals surface area (Å²) < 4.78 is 0. The Labute approximate surface area is 73.0 Å². The summed E-state index contributed by atoms with van der Waals surface area (Å²) in [5.41, 5.74) is 1.78. The Morgan fingerprint density at radius 2 is 2.00 bits per heavy atom. The minimum Gasteiger partial charge on any atom is -0.388 e. The first-order valence-electron chi connectivity index (χ1n) is 4.02. The molecule has 0 saturated carbocycles. The van der Waals surface area contributed by atoms with Crippen LogP contribution in [-0.4, -0.2) is 5.11 Å². The summed E-state index contributed by atoms with van der Waals surface area (Å²) in [6, 6.07) is 7.41. The molecule has 0 saturated heterocycles. The van der Waals surface area contributed by atoms with E-state index < -0.39 is 0 Å². The van der Waals surface area contributed by atoms with Crippen molar-refractivity contribution in [2.24, 2.45) is 0 Å². The van der Waals surface area contributed by atoms with Crippen LogP contribution in [0.5, 0.6) is 0 Å². The maximum absolute atomic E-state index is 9.44. The summed E-state index contributed by atoms with van der Waals surface area (Å²) in [6.07, 6.45) is 5.56. The normalized spacial score (nSPS) is 12.1. The first kappa shape index (κ1) is 8.83. The van der Waals surface area contributed by atoms with Crippen LogP contribution in [0.25, 0.3) is 0 Å². The zero-order valence-corrected chi connectivity index (χ0v) is 7.12. The molecule has 0 radical (unpaired) electrons. The first-order valence-corrected chi connectivity index (χ1v) is 4.02. The monoisotopic (exact) mass is 160 g/mol. The summed E-state index contributed by atoms with van der Waals surface area (Å²) in [4.78, 5) is 0. The van der Waals surface area contributed by atoms with E-state index in [1.165, 1.54) is 0 Å². The molecule has 1 atom stereocenters. The highest BCUT2D eigenvalue weighted by atomic mass is 16.3. The van der Waals surface area contributed by atoms with Gasteiger partial charge in [0.1, 0.15) is 0 Å². The lowest BCUT2D eigenvalue weighted by Gasteiger charge is -2.06. The van der Waals surface area contributed by atoms with E-state index >= 15 is 0 Å². The van der Waals surface area contributed by atoms with Crippen molar-refractivity contribution in [1.82, 2.24) is 0 Å². The third-order valence-electron chi connectivity index (χ3n) is 1.85. The van der Waals surface area contributed by atoms with Gasteiger partial charge >= 0.3 is 0 Å². The van der Waals surface area contributed by atoms with Gasteiger partial charge in [0.25, 0.3) is 0 Å². The van der Waals surface area contributed by atoms with Crippen molar-refractivity contribution >= 4 is 0 Å². The van der Waals surface area contributed by atoms with Gasteiger partial charge in [-0.3, -0.25) is 0 Å². The van der Waals surface area contributed by atoms with Crippen molar-refractivity contribution < 1.29 is 5.11 Å². The molecule has 1 nitrogen and oxygen atoms in total. The Hall–Kier alpha value is -1.26. The molecule has 1 aromatic rings. The molecule has 1 unspecified atom stereocenters. The van der Waals surface area contributed by atoms with Gasteiger partial charge in [0.15, 0.2) is 0 Å². The fourth-order valence-electron chi connectivity index (χ4n) is 1.04. The van der Waals surface area contributed by atoms with Crippen molar-refractivity contribution in [1.29, 1.82) is 0 Å². The highest BCUT2D eigenvalue weighted by Crippen LogP contribution is 2.15. The molecule has 62 valence electrons. The standard InChI is InChI=1S/C11H12O/c1-3-9-5-7-10(8-6-9)11(12)4-2/h1,5-8,11-12H,4H2,2H3. The molecule has 0 heterocycles. The van der Waals surface area contributed by atoms with Gasteiger partial charge in [-0.2, -0.15) is 0 Å². The molecular formula is C11H12O. The molecule has 1 heteroatoms. The second-order valence-corrected chi connectivity index (χ2v) is 2.69. The molecular weight excluding hydrogens is 148 g/mol. The van der Waals surface area contributed by atoms with E-state index in [1.807, 2.05) is 31.2 Å². The number of terminal acetylenes is 1. The average molecular weight is 160 g/mol. The molecule has 0 aliphatic heterocycles.